The molecule has 0 aromatic carbocycles. The van der Waals surface area contributed by atoms with Crippen LogP contribution in [0.25, 0.3) is 0 Å². The van der Waals surface area contributed by atoms with Crippen molar-refractivity contribution in [3.63, 3.8) is 0 Å². The summed E-state index contributed by atoms with van der Waals surface area (Å²) in [6, 6.07) is 0. The Morgan fingerprint density at radius 3 is 2.64 bits per heavy atom. The molecule has 2 heterocycles. The molecule has 0 aromatic rings. The molecule has 0 amide bonds. The molecule has 14 heavy (non-hydrogen) atoms. The van der Waals surface area contributed by atoms with Gasteiger partial charge in [0.25, 0.3) is 0 Å². The summed E-state index contributed by atoms with van der Waals surface area (Å²) in [4.78, 5) is 10.7. The maximum absolute atomic E-state index is 10.7. The molecule has 0 spiro atoms. The number of carboxylic acid groups (broad SMARTS) is 1. The Hall–Kier alpha value is 0.0882. The number of hydrogen-bond donors (Lipinski definition) is 3. The fourth-order valence-electron chi connectivity index (χ4n) is 1.35. The Kier molecular flexibility index (Phi) is 2.97. The summed E-state index contributed by atoms with van der Waals surface area (Å²) in [6.45, 7) is -0.481. The third-order valence-electron chi connectivity index (χ3n) is 2.05. The van der Waals surface area contributed by atoms with Gasteiger partial charge in [0.1, 0.15) is 0 Å². The first kappa shape index (κ1) is 10.6. The Morgan fingerprint density at radius 1 is 1.43 bits per heavy atom. The monoisotopic (exact) mass is 314 g/mol. The van der Waals surface area contributed by atoms with Crippen LogP contribution in [-0.4, -0.2) is 73.8 Å². The molecule has 0 aromatic heterocycles. The van der Waals surface area contributed by atoms with E-state index in [2.05, 4.69) is 0 Å². The summed E-state index contributed by atoms with van der Waals surface area (Å²) in [5, 5.41) is 26.7. The van der Waals surface area contributed by atoms with Crippen molar-refractivity contribution in [2.75, 3.05) is 6.61 Å². The number of aliphatic hydroxyl groups excluding tert-OH is 2. The molecule has 7 nitrogen and oxygen atoms in total. The van der Waals surface area contributed by atoms with Gasteiger partial charge in [0.05, 0.1) is 0 Å². The molecule has 3 N–H and O–H groups in total. The molecule has 2 aliphatic heterocycles. The van der Waals surface area contributed by atoms with E-state index in [1.165, 1.54) is 0 Å². The number of aliphatic hydroxyl groups is 2. The average molecular weight is 315 g/mol. The normalized spacial score (nSPS) is 38.9. The summed E-state index contributed by atoms with van der Waals surface area (Å²) in [5.74, 6) is -1.12. The van der Waals surface area contributed by atoms with E-state index < -0.39 is 58.5 Å². The molecule has 8 heteroatoms. The van der Waals surface area contributed by atoms with E-state index >= 15 is 0 Å². The van der Waals surface area contributed by atoms with Gasteiger partial charge in [-0.3, -0.25) is 0 Å². The zero-order valence-corrected chi connectivity index (χ0v) is 9.49. The van der Waals surface area contributed by atoms with Gasteiger partial charge < -0.3 is 0 Å². The number of carboxylic acids is 1. The van der Waals surface area contributed by atoms with Crippen molar-refractivity contribution >= 4 is 27.4 Å². The topological polar surface area (TPSA) is 105 Å². The van der Waals surface area contributed by atoms with Crippen molar-refractivity contribution in [2.45, 2.75) is 24.4 Å². The molecule has 2 rings (SSSR count). The van der Waals surface area contributed by atoms with Crippen molar-refractivity contribution in [3.8, 4) is 0 Å². The van der Waals surface area contributed by atoms with Gasteiger partial charge in [-0.25, -0.2) is 0 Å². The van der Waals surface area contributed by atoms with E-state index in [4.69, 9.17) is 19.3 Å². The standard InChI is InChI=1S/C6H9O7.Sb/c7-1-2(8)3(9)4(10)5(11)6(12)13;/h2-5,7-8H,1H2,(H,12,13);/q-3;+4/t2-,3-,4+,5-;/m1./s1. The van der Waals surface area contributed by atoms with E-state index in [9.17, 15) is 9.90 Å². The second kappa shape index (κ2) is 3.92. The number of rotatable bonds is 3. The van der Waals surface area contributed by atoms with Gasteiger partial charge in [0.15, 0.2) is 0 Å². The van der Waals surface area contributed by atoms with Crippen molar-refractivity contribution in [1.82, 2.24) is 0 Å². The van der Waals surface area contributed by atoms with Crippen LogP contribution in [0.2, 0.25) is 0 Å². The summed E-state index contributed by atoms with van der Waals surface area (Å²) in [6.07, 6.45) is -3.71. The second-order valence-electron chi connectivity index (χ2n) is 2.98. The van der Waals surface area contributed by atoms with Crippen LogP contribution in [0, 0.1) is 0 Å². The van der Waals surface area contributed by atoms with Crippen molar-refractivity contribution < 1.29 is 29.2 Å². The summed E-state index contributed by atoms with van der Waals surface area (Å²) < 4.78 is 15.3. The Balaban J connectivity index is 2.07. The molecule has 79 valence electrons. The first-order valence-electron chi connectivity index (χ1n) is 3.95. The minimum absolute atomic E-state index is 0.481. The van der Waals surface area contributed by atoms with Gasteiger partial charge in [-0.2, -0.15) is 0 Å². The van der Waals surface area contributed by atoms with Crippen LogP contribution in [-0.2, 0) is 13.8 Å². The number of aliphatic carboxylic acids is 1. The Bertz CT molecular complexity index is 246. The fraction of sp³-hybridized carbons (Fsp3) is 0.833. The molecule has 0 unspecified atom stereocenters. The predicted octanol–water partition coefficient (Wildman–Crippen LogP) is -2.41. The summed E-state index contributed by atoms with van der Waals surface area (Å²) in [5.41, 5.74) is 0. The van der Waals surface area contributed by atoms with Crippen LogP contribution in [0.4, 0.5) is 0 Å². The summed E-state index contributed by atoms with van der Waals surface area (Å²) >= 11 is -2.81. The van der Waals surface area contributed by atoms with E-state index in [0.717, 1.165) is 0 Å². The zero-order chi connectivity index (χ0) is 10.3. The molecule has 0 aliphatic carbocycles. The second-order valence-corrected chi connectivity index (χ2v) is 6.06. The average Bonchev–Trinajstić information content (AvgIpc) is 2.74. The Morgan fingerprint density at radius 2 is 2.14 bits per heavy atom. The molecule has 2 fully saturated rings. The Labute approximate surface area is 87.8 Å². The van der Waals surface area contributed by atoms with Crippen LogP contribution < -0.4 is 0 Å². The van der Waals surface area contributed by atoms with Gasteiger partial charge in [-0.05, 0) is 0 Å². The van der Waals surface area contributed by atoms with Crippen LogP contribution in [0.5, 0.6) is 0 Å². The van der Waals surface area contributed by atoms with Crippen LogP contribution in [0.15, 0.2) is 0 Å². The zero-order valence-electron chi connectivity index (χ0n) is 6.94. The molecule has 4 atom stereocenters. The SMILES string of the molecule is O=C(O)[C@@H]1[O][Sb+]2[O][C@H]([C@H](O)CO)[C@@H]1[O]2. The van der Waals surface area contributed by atoms with Gasteiger partial charge in [0.2, 0.25) is 0 Å². The van der Waals surface area contributed by atoms with Crippen LogP contribution >= 0.6 is 0 Å². The minimum atomic E-state index is -2.81. The third-order valence-corrected chi connectivity index (χ3v) is 5.56. The van der Waals surface area contributed by atoms with Gasteiger partial charge >= 0.3 is 87.6 Å². The van der Waals surface area contributed by atoms with Crippen molar-refractivity contribution in [1.29, 1.82) is 0 Å². The molecule has 2 bridgehead atoms. The molecule has 1 radical (unpaired) electrons. The van der Waals surface area contributed by atoms with E-state index in [1.807, 2.05) is 0 Å². The van der Waals surface area contributed by atoms with Crippen molar-refractivity contribution in [2.24, 2.45) is 0 Å². The number of fused-ring (bicyclic) bond motifs is 2. The quantitative estimate of drug-likeness (QED) is 0.498. The van der Waals surface area contributed by atoms with E-state index in [1.54, 1.807) is 0 Å². The van der Waals surface area contributed by atoms with Gasteiger partial charge in [-0.15, -0.1) is 0 Å². The van der Waals surface area contributed by atoms with E-state index in [0.29, 0.717) is 0 Å². The van der Waals surface area contributed by atoms with E-state index in [-0.39, 0.29) is 0 Å². The van der Waals surface area contributed by atoms with Crippen LogP contribution in [0.1, 0.15) is 0 Å². The third kappa shape index (κ3) is 1.64. The number of carbonyl (C=O) groups is 1. The molecule has 2 saturated heterocycles. The van der Waals surface area contributed by atoms with Gasteiger partial charge in [0, 0.05) is 0 Å². The molecular weight excluding hydrogens is 306 g/mol. The van der Waals surface area contributed by atoms with Crippen molar-refractivity contribution in [3.05, 3.63) is 0 Å². The maximum atomic E-state index is 10.7. The summed E-state index contributed by atoms with van der Waals surface area (Å²) in [7, 11) is 0. The number of hydrogen-bond acceptors (Lipinski definition) is 6. The first-order valence-corrected chi connectivity index (χ1v) is 7.08. The molecular formula is C6H9O7Sb+. The van der Waals surface area contributed by atoms with Crippen LogP contribution in [0.3, 0.4) is 0 Å². The molecule has 0 saturated carbocycles. The molecule has 2 aliphatic rings. The first-order chi connectivity index (χ1) is 6.63. The fourth-order valence-corrected chi connectivity index (χ4v) is 5.44. The predicted molar refractivity (Wildman–Crippen MR) is 41.1 cm³/mol. The van der Waals surface area contributed by atoms with Gasteiger partial charge in [-0.1, -0.05) is 0 Å².